The van der Waals surface area contributed by atoms with E-state index in [1.165, 1.54) is 19.2 Å². The Morgan fingerprint density at radius 2 is 2.12 bits per heavy atom. The third-order valence-corrected chi connectivity index (χ3v) is 3.04. The number of halogens is 1. The van der Waals surface area contributed by atoms with Gasteiger partial charge in [0.1, 0.15) is 11.9 Å². The fraction of sp³-hybridized carbons (Fsp3) is 0.455. The van der Waals surface area contributed by atoms with Crippen molar-refractivity contribution in [2.75, 3.05) is 18.6 Å². The van der Waals surface area contributed by atoms with Crippen LogP contribution in [0, 0.1) is 0 Å². The molecule has 0 spiro atoms. The van der Waals surface area contributed by atoms with E-state index in [1.54, 1.807) is 0 Å². The Balaban J connectivity index is 3.04. The van der Waals surface area contributed by atoms with E-state index in [0.717, 1.165) is 0 Å². The summed E-state index contributed by atoms with van der Waals surface area (Å²) in [5, 5.41) is 19.9. The molecule has 0 aromatic heterocycles. The van der Waals surface area contributed by atoms with Gasteiger partial charge in [0.25, 0.3) is 0 Å². The van der Waals surface area contributed by atoms with Gasteiger partial charge in [0.15, 0.2) is 0 Å². The molecule has 0 saturated carbocycles. The molecule has 6 heteroatoms. The normalized spacial score (nSPS) is 14.4. The van der Waals surface area contributed by atoms with Gasteiger partial charge in [-0.05, 0) is 24.3 Å². The minimum Gasteiger partial charge on any atom is -0.495 e. The Hall–Kier alpha value is -0.620. The first kappa shape index (κ1) is 14.4. The molecule has 17 heavy (non-hydrogen) atoms. The van der Waals surface area contributed by atoms with Gasteiger partial charge in [0.2, 0.25) is 0 Å². The van der Waals surface area contributed by atoms with Crippen molar-refractivity contribution in [3.63, 3.8) is 0 Å². The molecule has 4 N–H and O–H groups in total. The largest absolute Gasteiger partial charge is 0.495 e. The van der Waals surface area contributed by atoms with Crippen molar-refractivity contribution >= 4 is 29.9 Å². The predicted octanol–water partition coefficient (Wildman–Crippen LogP) is 1.64. The first-order valence-corrected chi connectivity index (χ1v) is 6.12. The quantitative estimate of drug-likeness (QED) is 0.488. The highest BCUT2D eigenvalue weighted by Gasteiger charge is 2.21. The molecule has 0 heterocycles. The summed E-state index contributed by atoms with van der Waals surface area (Å²) in [7, 11) is 1.47. The van der Waals surface area contributed by atoms with E-state index in [4.69, 9.17) is 22.1 Å². The first-order chi connectivity index (χ1) is 8.01. The van der Waals surface area contributed by atoms with Crippen LogP contribution in [-0.2, 0) is 0 Å². The van der Waals surface area contributed by atoms with Crippen LogP contribution in [0.15, 0.2) is 12.1 Å². The van der Waals surface area contributed by atoms with Gasteiger partial charge in [0.05, 0.1) is 18.9 Å². The number of benzene rings is 1. The van der Waals surface area contributed by atoms with Gasteiger partial charge in [-0.2, -0.15) is 12.6 Å². The molecule has 1 aromatic carbocycles. The molecule has 1 aromatic rings. The molecule has 96 valence electrons. The minimum atomic E-state index is -1.08. The van der Waals surface area contributed by atoms with E-state index in [2.05, 4.69) is 12.6 Å². The highest BCUT2D eigenvalue weighted by Crippen LogP contribution is 2.34. The number of rotatable bonds is 5. The zero-order valence-corrected chi connectivity index (χ0v) is 11.1. The lowest BCUT2D eigenvalue weighted by Gasteiger charge is -2.19. The SMILES string of the molecule is COc1cc(C(O)C(O)CCS)c(Cl)cc1N. The van der Waals surface area contributed by atoms with Gasteiger partial charge in [-0.1, -0.05) is 11.6 Å². The fourth-order valence-electron chi connectivity index (χ4n) is 1.49. The van der Waals surface area contributed by atoms with E-state index in [-0.39, 0.29) is 0 Å². The van der Waals surface area contributed by atoms with Gasteiger partial charge in [-0.3, -0.25) is 0 Å². The highest BCUT2D eigenvalue weighted by molar-refractivity contribution is 7.80. The van der Waals surface area contributed by atoms with E-state index in [1.807, 2.05) is 0 Å². The summed E-state index contributed by atoms with van der Waals surface area (Å²) in [4.78, 5) is 0. The van der Waals surface area contributed by atoms with Gasteiger partial charge in [0, 0.05) is 10.6 Å². The van der Waals surface area contributed by atoms with Crippen LogP contribution in [0.3, 0.4) is 0 Å². The van der Waals surface area contributed by atoms with Crippen LogP contribution in [0.5, 0.6) is 5.75 Å². The highest BCUT2D eigenvalue weighted by atomic mass is 35.5. The lowest BCUT2D eigenvalue weighted by molar-refractivity contribution is 0.0172. The molecular formula is C11H16ClNO3S. The maximum atomic E-state index is 9.95. The third kappa shape index (κ3) is 3.42. The smallest absolute Gasteiger partial charge is 0.142 e. The molecule has 0 amide bonds. The van der Waals surface area contributed by atoms with Crippen LogP contribution >= 0.6 is 24.2 Å². The molecule has 0 aliphatic heterocycles. The molecule has 1 rings (SSSR count). The molecule has 2 unspecified atom stereocenters. The number of nitrogen functional groups attached to an aromatic ring is 1. The molecular weight excluding hydrogens is 262 g/mol. The number of aliphatic hydroxyl groups is 2. The van der Waals surface area contributed by atoms with Crippen molar-refractivity contribution in [3.8, 4) is 5.75 Å². The number of aliphatic hydroxyl groups excluding tert-OH is 2. The van der Waals surface area contributed by atoms with Gasteiger partial charge < -0.3 is 20.7 Å². The topological polar surface area (TPSA) is 75.7 Å². The Bertz CT molecular complexity index is 389. The van der Waals surface area contributed by atoms with Crippen molar-refractivity contribution in [1.29, 1.82) is 0 Å². The molecule has 4 nitrogen and oxygen atoms in total. The van der Waals surface area contributed by atoms with E-state index in [9.17, 15) is 10.2 Å². The number of hydrogen-bond acceptors (Lipinski definition) is 5. The molecule has 0 bridgehead atoms. The summed E-state index contributed by atoms with van der Waals surface area (Å²) in [6, 6.07) is 3.02. The fourth-order valence-corrected chi connectivity index (χ4v) is 2.03. The van der Waals surface area contributed by atoms with Crippen molar-refractivity contribution in [3.05, 3.63) is 22.7 Å². The van der Waals surface area contributed by atoms with E-state index >= 15 is 0 Å². The average Bonchev–Trinajstić information content (AvgIpc) is 2.29. The van der Waals surface area contributed by atoms with Gasteiger partial charge in [-0.15, -0.1) is 0 Å². The maximum Gasteiger partial charge on any atom is 0.142 e. The lowest BCUT2D eigenvalue weighted by atomic mass is 10.0. The molecule has 0 saturated heterocycles. The summed E-state index contributed by atoms with van der Waals surface area (Å²) in [5.41, 5.74) is 6.45. The maximum absolute atomic E-state index is 9.95. The second-order valence-corrected chi connectivity index (χ2v) is 4.49. The summed E-state index contributed by atoms with van der Waals surface area (Å²) in [6.45, 7) is 0. The summed E-state index contributed by atoms with van der Waals surface area (Å²) < 4.78 is 5.04. The van der Waals surface area contributed by atoms with Crippen LogP contribution < -0.4 is 10.5 Å². The number of hydrogen-bond donors (Lipinski definition) is 4. The second-order valence-electron chi connectivity index (χ2n) is 3.64. The van der Waals surface area contributed by atoms with Crippen molar-refractivity contribution in [2.24, 2.45) is 0 Å². The van der Waals surface area contributed by atoms with Gasteiger partial charge >= 0.3 is 0 Å². The Labute approximate surface area is 111 Å². The Morgan fingerprint density at radius 3 is 2.65 bits per heavy atom. The molecule has 0 aliphatic rings. The number of anilines is 1. The molecule has 2 atom stereocenters. The Kier molecular flexibility index (Phi) is 5.39. The van der Waals surface area contributed by atoms with Crippen LogP contribution in [0.2, 0.25) is 5.02 Å². The lowest BCUT2D eigenvalue weighted by Crippen LogP contribution is -2.19. The van der Waals surface area contributed by atoms with Crippen molar-refractivity contribution < 1.29 is 14.9 Å². The number of ether oxygens (including phenoxy) is 1. The number of thiol groups is 1. The van der Waals surface area contributed by atoms with Crippen molar-refractivity contribution in [1.82, 2.24) is 0 Å². The van der Waals surface area contributed by atoms with Crippen LogP contribution in [0.4, 0.5) is 5.69 Å². The Morgan fingerprint density at radius 1 is 1.47 bits per heavy atom. The zero-order valence-electron chi connectivity index (χ0n) is 9.43. The van der Waals surface area contributed by atoms with Crippen LogP contribution in [0.25, 0.3) is 0 Å². The third-order valence-electron chi connectivity index (χ3n) is 2.46. The summed E-state index contributed by atoms with van der Waals surface area (Å²) >= 11 is 9.97. The summed E-state index contributed by atoms with van der Waals surface area (Å²) in [6.07, 6.45) is -1.63. The minimum absolute atomic E-state index is 0.300. The number of nitrogens with two attached hydrogens (primary N) is 1. The van der Waals surface area contributed by atoms with Crippen LogP contribution in [-0.4, -0.2) is 29.2 Å². The summed E-state index contributed by atoms with van der Waals surface area (Å²) in [5.74, 6) is 0.892. The van der Waals surface area contributed by atoms with Crippen LogP contribution in [0.1, 0.15) is 18.1 Å². The molecule has 0 fully saturated rings. The second kappa shape index (κ2) is 6.35. The van der Waals surface area contributed by atoms with Gasteiger partial charge in [-0.25, -0.2) is 0 Å². The van der Waals surface area contributed by atoms with E-state index < -0.39 is 12.2 Å². The predicted molar refractivity (Wildman–Crippen MR) is 71.9 cm³/mol. The number of methoxy groups -OCH3 is 1. The van der Waals surface area contributed by atoms with E-state index in [0.29, 0.717) is 34.2 Å². The standard InChI is InChI=1S/C11H16ClNO3S/c1-16-10-4-6(7(12)5-8(10)13)11(15)9(14)2-3-17/h4-5,9,11,14-15,17H,2-3,13H2,1H3. The average molecular weight is 278 g/mol. The first-order valence-electron chi connectivity index (χ1n) is 5.11. The zero-order chi connectivity index (χ0) is 13.0. The molecule has 0 radical (unpaired) electrons. The van der Waals surface area contributed by atoms with Crippen molar-refractivity contribution in [2.45, 2.75) is 18.6 Å². The molecule has 0 aliphatic carbocycles. The monoisotopic (exact) mass is 277 g/mol.